The maximum atomic E-state index is 5.81. The first-order chi connectivity index (χ1) is 10.8. The van der Waals surface area contributed by atoms with Crippen LogP contribution in [0.4, 0.5) is 0 Å². The van der Waals surface area contributed by atoms with E-state index in [-0.39, 0.29) is 0 Å². The summed E-state index contributed by atoms with van der Waals surface area (Å²) in [6, 6.07) is 15.9. The van der Waals surface area contributed by atoms with Gasteiger partial charge in [-0.3, -0.25) is 0 Å². The number of hydrogen-bond acceptors (Lipinski definition) is 4. The average Bonchev–Trinajstić information content (AvgIpc) is 2.55. The fourth-order valence-electron chi connectivity index (χ4n) is 2.32. The van der Waals surface area contributed by atoms with Crippen molar-refractivity contribution < 1.29 is 9.47 Å². The lowest BCUT2D eigenvalue weighted by molar-refractivity contribution is 0.214. The van der Waals surface area contributed by atoms with Gasteiger partial charge in [0.15, 0.2) is 0 Å². The van der Waals surface area contributed by atoms with Gasteiger partial charge in [-0.05, 0) is 49.2 Å². The molecule has 0 aromatic heterocycles. The molecule has 0 aliphatic heterocycles. The van der Waals surface area contributed by atoms with Gasteiger partial charge in [0.2, 0.25) is 0 Å². The van der Waals surface area contributed by atoms with Crippen LogP contribution in [0.15, 0.2) is 48.5 Å². The van der Waals surface area contributed by atoms with Gasteiger partial charge in [0.25, 0.3) is 0 Å². The molecule has 0 bridgehead atoms. The zero-order valence-corrected chi connectivity index (χ0v) is 12.8. The van der Waals surface area contributed by atoms with Crippen LogP contribution in [0.25, 0.3) is 0 Å². The molecule has 0 saturated heterocycles. The molecule has 0 saturated carbocycles. The van der Waals surface area contributed by atoms with E-state index in [0.717, 1.165) is 35.5 Å². The monoisotopic (exact) mass is 300 g/mol. The van der Waals surface area contributed by atoms with Gasteiger partial charge in [-0.2, -0.15) is 0 Å². The van der Waals surface area contributed by atoms with Crippen LogP contribution in [0.3, 0.4) is 0 Å². The predicted molar refractivity (Wildman–Crippen MR) is 89.4 cm³/mol. The predicted octanol–water partition coefficient (Wildman–Crippen LogP) is 2.15. The van der Waals surface area contributed by atoms with E-state index in [1.165, 1.54) is 0 Å². The lowest BCUT2D eigenvalue weighted by Gasteiger charge is -2.13. The highest BCUT2D eigenvalue weighted by atomic mass is 16.5. The SMILES string of the molecule is NCCc1ccccc1OCCOc1ccccc1CCN. The second kappa shape index (κ2) is 9.07. The summed E-state index contributed by atoms with van der Waals surface area (Å²) in [7, 11) is 0. The quantitative estimate of drug-likeness (QED) is 0.696. The van der Waals surface area contributed by atoms with E-state index in [4.69, 9.17) is 20.9 Å². The van der Waals surface area contributed by atoms with Gasteiger partial charge in [0.05, 0.1) is 0 Å². The summed E-state index contributed by atoms with van der Waals surface area (Å²) in [5.74, 6) is 1.76. The second-order valence-electron chi connectivity index (χ2n) is 4.99. The Morgan fingerprint density at radius 1 is 0.636 bits per heavy atom. The molecule has 0 fully saturated rings. The zero-order chi connectivity index (χ0) is 15.6. The summed E-state index contributed by atoms with van der Waals surface area (Å²) in [5.41, 5.74) is 13.5. The largest absolute Gasteiger partial charge is 0.490 e. The molecule has 118 valence electrons. The molecule has 0 aliphatic carbocycles. The minimum Gasteiger partial charge on any atom is -0.490 e. The zero-order valence-electron chi connectivity index (χ0n) is 12.8. The van der Waals surface area contributed by atoms with Crippen LogP contribution in [0.2, 0.25) is 0 Å². The fraction of sp³-hybridized carbons (Fsp3) is 0.333. The average molecular weight is 300 g/mol. The first-order valence-electron chi connectivity index (χ1n) is 7.66. The summed E-state index contributed by atoms with van der Waals surface area (Å²) in [4.78, 5) is 0. The van der Waals surface area contributed by atoms with E-state index in [0.29, 0.717) is 26.3 Å². The Kier molecular flexibility index (Phi) is 6.74. The van der Waals surface area contributed by atoms with Crippen molar-refractivity contribution in [2.75, 3.05) is 26.3 Å². The van der Waals surface area contributed by atoms with Crippen LogP contribution >= 0.6 is 0 Å². The van der Waals surface area contributed by atoms with Crippen molar-refractivity contribution in [3.05, 3.63) is 59.7 Å². The molecule has 0 heterocycles. The van der Waals surface area contributed by atoms with Crippen molar-refractivity contribution in [2.45, 2.75) is 12.8 Å². The number of para-hydroxylation sites is 2. The van der Waals surface area contributed by atoms with Gasteiger partial charge in [0.1, 0.15) is 24.7 Å². The number of hydrogen-bond donors (Lipinski definition) is 2. The van der Waals surface area contributed by atoms with Gasteiger partial charge in [-0.1, -0.05) is 36.4 Å². The molecule has 4 heteroatoms. The summed E-state index contributed by atoms with van der Waals surface area (Å²) >= 11 is 0. The maximum absolute atomic E-state index is 5.81. The minimum absolute atomic E-state index is 0.499. The Morgan fingerprint density at radius 3 is 1.45 bits per heavy atom. The highest BCUT2D eigenvalue weighted by Crippen LogP contribution is 2.20. The smallest absolute Gasteiger partial charge is 0.122 e. The van der Waals surface area contributed by atoms with Crippen LogP contribution in [0.5, 0.6) is 11.5 Å². The number of rotatable bonds is 9. The third-order valence-electron chi connectivity index (χ3n) is 3.37. The third-order valence-corrected chi connectivity index (χ3v) is 3.37. The molecular weight excluding hydrogens is 276 g/mol. The van der Waals surface area contributed by atoms with E-state index >= 15 is 0 Å². The van der Waals surface area contributed by atoms with Crippen molar-refractivity contribution >= 4 is 0 Å². The molecule has 4 N–H and O–H groups in total. The lowest BCUT2D eigenvalue weighted by Crippen LogP contribution is -2.12. The standard InChI is InChI=1S/C18H24N2O2/c19-11-9-15-5-1-3-7-17(15)21-13-14-22-18-8-4-2-6-16(18)10-12-20/h1-8H,9-14,19-20H2. The highest BCUT2D eigenvalue weighted by Gasteiger charge is 2.04. The summed E-state index contributed by atoms with van der Waals surface area (Å²) in [5, 5.41) is 0. The molecule has 0 aliphatic rings. The molecular formula is C18H24N2O2. The molecule has 0 unspecified atom stereocenters. The van der Waals surface area contributed by atoms with Crippen LogP contribution in [-0.2, 0) is 12.8 Å². The first kappa shape index (κ1) is 16.3. The van der Waals surface area contributed by atoms with Crippen molar-refractivity contribution in [3.8, 4) is 11.5 Å². The molecule has 2 rings (SSSR count). The molecule has 0 amide bonds. The van der Waals surface area contributed by atoms with Crippen LogP contribution < -0.4 is 20.9 Å². The normalized spacial score (nSPS) is 10.5. The van der Waals surface area contributed by atoms with E-state index in [1.807, 2.05) is 48.5 Å². The van der Waals surface area contributed by atoms with Crippen LogP contribution in [0.1, 0.15) is 11.1 Å². The molecule has 4 nitrogen and oxygen atoms in total. The van der Waals surface area contributed by atoms with Crippen LogP contribution in [0, 0.1) is 0 Å². The van der Waals surface area contributed by atoms with Crippen molar-refractivity contribution in [1.82, 2.24) is 0 Å². The molecule has 0 radical (unpaired) electrons. The molecule has 2 aromatic carbocycles. The second-order valence-corrected chi connectivity index (χ2v) is 4.99. The first-order valence-corrected chi connectivity index (χ1v) is 7.66. The minimum atomic E-state index is 0.499. The van der Waals surface area contributed by atoms with E-state index in [1.54, 1.807) is 0 Å². The van der Waals surface area contributed by atoms with Crippen molar-refractivity contribution in [3.63, 3.8) is 0 Å². The Balaban J connectivity index is 1.85. The molecule has 0 atom stereocenters. The summed E-state index contributed by atoms with van der Waals surface area (Å²) in [6.45, 7) is 2.23. The van der Waals surface area contributed by atoms with Gasteiger partial charge in [-0.25, -0.2) is 0 Å². The van der Waals surface area contributed by atoms with Gasteiger partial charge in [-0.15, -0.1) is 0 Å². The number of nitrogens with two attached hydrogens (primary N) is 2. The Bertz CT molecular complexity index is 521. The summed E-state index contributed by atoms with van der Waals surface area (Å²) < 4.78 is 11.6. The van der Waals surface area contributed by atoms with E-state index in [9.17, 15) is 0 Å². The number of benzene rings is 2. The fourth-order valence-corrected chi connectivity index (χ4v) is 2.32. The Hall–Kier alpha value is -2.04. The highest BCUT2D eigenvalue weighted by molar-refractivity contribution is 5.34. The van der Waals surface area contributed by atoms with E-state index < -0.39 is 0 Å². The lowest BCUT2D eigenvalue weighted by atomic mass is 10.1. The topological polar surface area (TPSA) is 70.5 Å². The van der Waals surface area contributed by atoms with Crippen molar-refractivity contribution in [2.24, 2.45) is 11.5 Å². The third kappa shape index (κ3) is 4.76. The Morgan fingerprint density at radius 2 is 1.05 bits per heavy atom. The van der Waals surface area contributed by atoms with Crippen molar-refractivity contribution in [1.29, 1.82) is 0 Å². The summed E-state index contributed by atoms with van der Waals surface area (Å²) in [6.07, 6.45) is 1.63. The molecule has 0 spiro atoms. The van der Waals surface area contributed by atoms with Gasteiger partial charge < -0.3 is 20.9 Å². The van der Waals surface area contributed by atoms with Gasteiger partial charge in [0, 0.05) is 0 Å². The van der Waals surface area contributed by atoms with Crippen LogP contribution in [-0.4, -0.2) is 26.3 Å². The molecule has 22 heavy (non-hydrogen) atoms. The van der Waals surface area contributed by atoms with E-state index in [2.05, 4.69) is 0 Å². The molecule has 2 aromatic rings. The number of ether oxygens (including phenoxy) is 2. The van der Waals surface area contributed by atoms with Gasteiger partial charge >= 0.3 is 0 Å². The Labute approximate surface area is 132 Å². The maximum Gasteiger partial charge on any atom is 0.122 e.